The van der Waals surface area contributed by atoms with Gasteiger partial charge in [-0.25, -0.2) is 15.0 Å². The van der Waals surface area contributed by atoms with E-state index in [0.29, 0.717) is 23.1 Å². The number of nitrogens with one attached hydrogen (secondary N) is 1. The topological polar surface area (TPSA) is 83.3 Å². The summed E-state index contributed by atoms with van der Waals surface area (Å²) in [7, 11) is 4.79. The van der Waals surface area contributed by atoms with Gasteiger partial charge in [-0.05, 0) is 19.3 Å². The number of hydrogen-bond acceptors (Lipinski definition) is 7. The number of benzene rings is 1. The van der Waals surface area contributed by atoms with Crippen LogP contribution in [0, 0.1) is 0 Å². The van der Waals surface area contributed by atoms with Crippen molar-refractivity contribution in [3.63, 3.8) is 0 Å². The fourth-order valence-corrected chi connectivity index (χ4v) is 3.68. The predicted octanol–water partition coefficient (Wildman–Crippen LogP) is 4.04. The molecule has 0 bridgehead atoms. The molecule has 30 heavy (non-hydrogen) atoms. The minimum Gasteiger partial charge on any atom is -0.493 e. The number of imidazole rings is 1. The molecule has 158 valence electrons. The van der Waals surface area contributed by atoms with Gasteiger partial charge in [-0.1, -0.05) is 13.8 Å². The number of nitrogens with zero attached hydrogens (tertiary/aromatic N) is 4. The maximum Gasteiger partial charge on any atom is 0.203 e. The van der Waals surface area contributed by atoms with Gasteiger partial charge in [0.2, 0.25) is 5.75 Å². The Morgan fingerprint density at radius 3 is 2.37 bits per heavy atom. The van der Waals surface area contributed by atoms with Gasteiger partial charge in [0.15, 0.2) is 11.5 Å². The van der Waals surface area contributed by atoms with Crippen molar-refractivity contribution in [3.8, 4) is 22.9 Å². The molecule has 1 aromatic carbocycles. The first kappa shape index (κ1) is 20.0. The van der Waals surface area contributed by atoms with Crippen molar-refractivity contribution < 1.29 is 14.2 Å². The highest BCUT2D eigenvalue weighted by molar-refractivity contribution is 5.61. The summed E-state index contributed by atoms with van der Waals surface area (Å²) in [5.74, 6) is 4.44. The van der Waals surface area contributed by atoms with Crippen LogP contribution in [-0.2, 0) is 12.8 Å². The van der Waals surface area contributed by atoms with Gasteiger partial charge in [0.25, 0.3) is 0 Å². The number of anilines is 2. The average Bonchev–Trinajstić information content (AvgIpc) is 3.42. The molecule has 2 aromatic heterocycles. The largest absolute Gasteiger partial charge is 0.493 e. The van der Waals surface area contributed by atoms with Crippen LogP contribution in [0.4, 0.5) is 11.6 Å². The molecule has 2 heterocycles. The highest BCUT2D eigenvalue weighted by Crippen LogP contribution is 2.39. The third kappa shape index (κ3) is 3.65. The fourth-order valence-electron chi connectivity index (χ4n) is 3.68. The van der Waals surface area contributed by atoms with E-state index in [0.717, 1.165) is 42.3 Å². The molecule has 0 unspecified atom stereocenters. The van der Waals surface area contributed by atoms with Gasteiger partial charge in [-0.15, -0.1) is 0 Å². The lowest BCUT2D eigenvalue weighted by Crippen LogP contribution is -2.07. The van der Waals surface area contributed by atoms with Gasteiger partial charge in [0.1, 0.15) is 23.8 Å². The van der Waals surface area contributed by atoms with Crippen LogP contribution in [0.15, 0.2) is 24.7 Å². The molecular weight excluding hydrogens is 382 g/mol. The number of rotatable bonds is 7. The lowest BCUT2D eigenvalue weighted by atomic mass is 10.1. The molecule has 8 heteroatoms. The molecule has 1 aliphatic carbocycles. The summed E-state index contributed by atoms with van der Waals surface area (Å²) in [6.07, 6.45) is 6.77. The highest BCUT2D eigenvalue weighted by Gasteiger charge is 2.21. The monoisotopic (exact) mass is 409 g/mol. The Labute approximate surface area is 176 Å². The van der Waals surface area contributed by atoms with E-state index < -0.39 is 0 Å². The van der Waals surface area contributed by atoms with Crippen LogP contribution in [-0.4, -0.2) is 40.8 Å². The summed E-state index contributed by atoms with van der Waals surface area (Å²) in [5, 5.41) is 3.40. The summed E-state index contributed by atoms with van der Waals surface area (Å²) >= 11 is 0. The van der Waals surface area contributed by atoms with Crippen molar-refractivity contribution in [3.05, 3.63) is 41.7 Å². The third-order valence-electron chi connectivity index (χ3n) is 5.24. The molecule has 0 spiro atoms. The second kappa shape index (κ2) is 8.22. The zero-order valence-corrected chi connectivity index (χ0v) is 18.0. The number of ether oxygens (including phenoxy) is 3. The minimum atomic E-state index is 0.272. The van der Waals surface area contributed by atoms with Gasteiger partial charge in [0.05, 0.1) is 33.2 Å². The summed E-state index contributed by atoms with van der Waals surface area (Å²) in [6, 6.07) is 3.76. The van der Waals surface area contributed by atoms with Crippen molar-refractivity contribution in [2.24, 2.45) is 0 Å². The van der Waals surface area contributed by atoms with Crippen molar-refractivity contribution in [2.75, 3.05) is 26.6 Å². The quantitative estimate of drug-likeness (QED) is 0.630. The molecule has 4 rings (SSSR count). The van der Waals surface area contributed by atoms with E-state index in [9.17, 15) is 0 Å². The Bertz CT molecular complexity index is 1040. The van der Waals surface area contributed by atoms with Crippen molar-refractivity contribution in [2.45, 2.75) is 39.0 Å². The Hall–Kier alpha value is -3.29. The van der Waals surface area contributed by atoms with Gasteiger partial charge < -0.3 is 24.1 Å². The predicted molar refractivity (Wildman–Crippen MR) is 115 cm³/mol. The number of fused-ring (bicyclic) bond motifs is 1. The minimum absolute atomic E-state index is 0.272. The number of methoxy groups -OCH3 is 3. The van der Waals surface area contributed by atoms with Gasteiger partial charge in [-0.2, -0.15) is 0 Å². The standard InChI is InChI=1S/C22H27N5O3/c1-13(2)21-24-16-8-6-7-15(16)22(26-21)25-19-11-27(12-23-19)14-9-17(28-3)20(30-5)18(10-14)29-4/h9-13H,6-8H2,1-5H3,(H,24,25,26). The van der Waals surface area contributed by atoms with Gasteiger partial charge in [0, 0.05) is 29.3 Å². The van der Waals surface area contributed by atoms with Crippen LogP contribution in [0.1, 0.15) is 43.3 Å². The van der Waals surface area contributed by atoms with Crippen LogP contribution < -0.4 is 19.5 Å². The molecule has 0 saturated carbocycles. The first-order valence-corrected chi connectivity index (χ1v) is 10.0. The molecule has 8 nitrogen and oxygen atoms in total. The summed E-state index contributed by atoms with van der Waals surface area (Å²) < 4.78 is 18.2. The molecular formula is C22H27N5O3. The van der Waals surface area contributed by atoms with E-state index in [1.165, 1.54) is 5.56 Å². The fraction of sp³-hybridized carbons (Fsp3) is 0.409. The van der Waals surface area contributed by atoms with E-state index in [2.05, 4.69) is 24.1 Å². The second-order valence-corrected chi connectivity index (χ2v) is 7.54. The molecule has 1 aliphatic rings. The lowest BCUT2D eigenvalue weighted by molar-refractivity contribution is 0.324. The smallest absolute Gasteiger partial charge is 0.203 e. The Morgan fingerprint density at radius 2 is 1.73 bits per heavy atom. The maximum absolute atomic E-state index is 5.46. The second-order valence-electron chi connectivity index (χ2n) is 7.54. The number of hydrogen-bond donors (Lipinski definition) is 1. The van der Waals surface area contributed by atoms with Crippen LogP contribution in [0.5, 0.6) is 17.2 Å². The zero-order chi connectivity index (χ0) is 21.3. The number of aryl methyl sites for hydroxylation is 1. The Kier molecular flexibility index (Phi) is 5.48. The Morgan fingerprint density at radius 1 is 1.00 bits per heavy atom. The number of aromatic nitrogens is 4. The normalized spacial score (nSPS) is 12.7. The summed E-state index contributed by atoms with van der Waals surface area (Å²) in [4.78, 5) is 14.0. The van der Waals surface area contributed by atoms with E-state index in [-0.39, 0.29) is 5.92 Å². The van der Waals surface area contributed by atoms with Crippen LogP contribution in [0.2, 0.25) is 0 Å². The first-order chi connectivity index (χ1) is 14.5. The maximum atomic E-state index is 5.46. The zero-order valence-electron chi connectivity index (χ0n) is 18.0. The molecule has 0 aliphatic heterocycles. The van der Waals surface area contributed by atoms with Gasteiger partial charge in [-0.3, -0.25) is 0 Å². The summed E-state index contributed by atoms with van der Waals surface area (Å²) in [5.41, 5.74) is 3.20. The first-order valence-electron chi connectivity index (χ1n) is 10.0. The van der Waals surface area contributed by atoms with Crippen LogP contribution in [0.25, 0.3) is 5.69 Å². The average molecular weight is 409 g/mol. The van der Waals surface area contributed by atoms with Crippen LogP contribution in [0.3, 0.4) is 0 Å². The van der Waals surface area contributed by atoms with Crippen LogP contribution >= 0.6 is 0 Å². The van der Waals surface area contributed by atoms with Gasteiger partial charge >= 0.3 is 0 Å². The molecule has 0 atom stereocenters. The third-order valence-corrected chi connectivity index (χ3v) is 5.24. The van der Waals surface area contributed by atoms with E-state index in [1.807, 2.05) is 22.9 Å². The van der Waals surface area contributed by atoms with E-state index in [4.69, 9.17) is 24.2 Å². The SMILES string of the molecule is COc1cc(-n2cnc(Nc3nc(C(C)C)nc4c3CCC4)c2)cc(OC)c1OC. The van der Waals surface area contributed by atoms with Crippen molar-refractivity contribution in [1.82, 2.24) is 19.5 Å². The van der Waals surface area contributed by atoms with E-state index >= 15 is 0 Å². The molecule has 0 amide bonds. The lowest BCUT2D eigenvalue weighted by Gasteiger charge is -2.14. The summed E-state index contributed by atoms with van der Waals surface area (Å²) in [6.45, 7) is 4.22. The van der Waals surface area contributed by atoms with Crippen molar-refractivity contribution >= 4 is 11.6 Å². The molecule has 0 fully saturated rings. The Balaban J connectivity index is 1.67. The molecule has 0 radical (unpaired) electrons. The highest BCUT2D eigenvalue weighted by atomic mass is 16.5. The van der Waals surface area contributed by atoms with Crippen molar-refractivity contribution in [1.29, 1.82) is 0 Å². The molecule has 3 aromatic rings. The molecule has 1 N–H and O–H groups in total. The van der Waals surface area contributed by atoms with E-state index in [1.54, 1.807) is 27.7 Å². The molecule has 0 saturated heterocycles.